The first kappa shape index (κ1) is 19.0. The van der Waals surface area contributed by atoms with Crippen molar-refractivity contribution in [2.45, 2.75) is 24.7 Å². The maximum atomic E-state index is 13.3. The van der Waals surface area contributed by atoms with Gasteiger partial charge in [0.2, 0.25) is 5.91 Å². The van der Waals surface area contributed by atoms with Crippen LogP contribution in [0.15, 0.2) is 59.1 Å². The highest BCUT2D eigenvalue weighted by atomic mass is 79.9. The molecule has 5 nitrogen and oxygen atoms in total. The van der Waals surface area contributed by atoms with Crippen LogP contribution in [0.3, 0.4) is 0 Å². The highest BCUT2D eigenvalue weighted by molar-refractivity contribution is 9.10. The molecule has 0 radical (unpaired) electrons. The fraction of sp³-hybridized carbons (Fsp3) is 0.364. The summed E-state index contributed by atoms with van der Waals surface area (Å²) in [6.07, 6.45) is 2.50. The monoisotopic (exact) mass is 442 g/mol. The minimum atomic E-state index is -0.395. The van der Waals surface area contributed by atoms with Gasteiger partial charge in [0, 0.05) is 30.7 Å². The quantitative estimate of drug-likeness (QED) is 0.714. The van der Waals surface area contributed by atoms with Crippen molar-refractivity contribution in [2.75, 3.05) is 26.2 Å². The molecule has 0 unspecified atom stereocenters. The van der Waals surface area contributed by atoms with E-state index in [0.717, 1.165) is 29.3 Å². The average Bonchev–Trinajstić information content (AvgIpc) is 2.69. The third-order valence-electron chi connectivity index (χ3n) is 5.79. The molecule has 28 heavy (non-hydrogen) atoms. The van der Waals surface area contributed by atoms with Crippen LogP contribution in [0, 0.1) is 0 Å². The Morgan fingerprint density at radius 1 is 0.857 bits per heavy atom. The number of hydrogen-bond acceptors (Lipinski definition) is 3. The number of piperazine rings is 1. The number of benzene rings is 2. The van der Waals surface area contributed by atoms with Crippen molar-refractivity contribution in [3.63, 3.8) is 0 Å². The predicted molar refractivity (Wildman–Crippen MR) is 110 cm³/mol. The zero-order valence-electron chi connectivity index (χ0n) is 15.6. The molecular weight excluding hydrogens is 420 g/mol. The van der Waals surface area contributed by atoms with Gasteiger partial charge < -0.3 is 14.5 Å². The Morgan fingerprint density at radius 2 is 1.46 bits per heavy atom. The van der Waals surface area contributed by atoms with E-state index in [1.54, 1.807) is 17.0 Å². The van der Waals surface area contributed by atoms with Crippen LogP contribution >= 0.6 is 15.9 Å². The Morgan fingerprint density at radius 3 is 2.04 bits per heavy atom. The van der Waals surface area contributed by atoms with E-state index in [9.17, 15) is 9.59 Å². The first-order valence-electron chi connectivity index (χ1n) is 9.66. The van der Waals surface area contributed by atoms with Crippen LogP contribution in [0.2, 0.25) is 0 Å². The molecule has 0 atom stereocenters. The molecule has 1 heterocycles. The van der Waals surface area contributed by atoms with E-state index in [1.165, 1.54) is 0 Å². The molecule has 2 aromatic carbocycles. The summed E-state index contributed by atoms with van der Waals surface area (Å²) < 4.78 is 6.43. The lowest BCUT2D eigenvalue weighted by molar-refractivity contribution is -0.142. The summed E-state index contributed by atoms with van der Waals surface area (Å²) in [5, 5.41) is 0. The summed E-state index contributed by atoms with van der Waals surface area (Å²) in [5.74, 6) is 0.729. The molecule has 0 aromatic heterocycles. The number of ether oxygens (including phenoxy) is 1. The minimum absolute atomic E-state index is 0.192. The van der Waals surface area contributed by atoms with Gasteiger partial charge in [0.1, 0.15) is 5.75 Å². The largest absolute Gasteiger partial charge is 0.415 e. The fourth-order valence-electron chi connectivity index (χ4n) is 3.97. The first-order chi connectivity index (χ1) is 13.6. The van der Waals surface area contributed by atoms with Crippen LogP contribution in [-0.2, 0) is 10.2 Å². The van der Waals surface area contributed by atoms with Gasteiger partial charge in [-0.15, -0.1) is 0 Å². The van der Waals surface area contributed by atoms with Gasteiger partial charge in [-0.25, -0.2) is 4.79 Å². The SMILES string of the molecule is O=C(Oc1ccccc1)N1CCN(C(=O)C2(c3ccc(Br)cc3)CCC2)CC1. The van der Waals surface area contributed by atoms with E-state index in [1.807, 2.05) is 35.2 Å². The number of carbonyl (C=O) groups is 2. The Hall–Kier alpha value is -2.34. The van der Waals surface area contributed by atoms with Gasteiger partial charge in [-0.1, -0.05) is 52.7 Å². The first-order valence-corrected chi connectivity index (χ1v) is 10.4. The van der Waals surface area contributed by atoms with Gasteiger partial charge in [0.15, 0.2) is 0 Å². The second-order valence-corrected chi connectivity index (χ2v) is 8.32. The molecule has 0 bridgehead atoms. The third kappa shape index (κ3) is 3.65. The van der Waals surface area contributed by atoms with E-state index in [2.05, 4.69) is 28.1 Å². The Bertz CT molecular complexity index is 842. The minimum Gasteiger partial charge on any atom is -0.410 e. The van der Waals surface area contributed by atoms with E-state index in [4.69, 9.17) is 4.74 Å². The van der Waals surface area contributed by atoms with Crippen LogP contribution in [-0.4, -0.2) is 48.0 Å². The molecule has 1 saturated carbocycles. The van der Waals surface area contributed by atoms with Gasteiger partial charge in [0.25, 0.3) is 0 Å². The summed E-state index contributed by atoms with van der Waals surface area (Å²) in [4.78, 5) is 29.3. The summed E-state index contributed by atoms with van der Waals surface area (Å²) in [7, 11) is 0. The van der Waals surface area contributed by atoms with E-state index in [-0.39, 0.29) is 12.0 Å². The summed E-state index contributed by atoms with van der Waals surface area (Å²) in [6, 6.07) is 17.2. The van der Waals surface area contributed by atoms with E-state index >= 15 is 0 Å². The average molecular weight is 443 g/mol. The lowest BCUT2D eigenvalue weighted by atomic mass is 9.63. The number of amides is 2. The van der Waals surface area contributed by atoms with E-state index in [0.29, 0.717) is 31.9 Å². The predicted octanol–water partition coefficient (Wildman–Crippen LogP) is 4.21. The second kappa shape index (κ2) is 7.95. The summed E-state index contributed by atoms with van der Waals surface area (Å²) >= 11 is 3.46. The normalized spacial score (nSPS) is 18.3. The molecule has 0 spiro atoms. The highest BCUT2D eigenvalue weighted by Crippen LogP contribution is 2.45. The molecular formula is C22H23BrN2O3. The van der Waals surface area contributed by atoms with Gasteiger partial charge in [-0.2, -0.15) is 0 Å². The van der Waals surface area contributed by atoms with E-state index < -0.39 is 5.41 Å². The second-order valence-electron chi connectivity index (χ2n) is 7.40. The molecule has 2 aromatic rings. The van der Waals surface area contributed by atoms with Crippen molar-refractivity contribution in [3.05, 3.63) is 64.6 Å². The number of hydrogen-bond donors (Lipinski definition) is 0. The Balaban J connectivity index is 1.38. The Kier molecular flexibility index (Phi) is 5.40. The van der Waals surface area contributed by atoms with Crippen molar-refractivity contribution in [2.24, 2.45) is 0 Å². The standard InChI is InChI=1S/C22H23BrN2O3/c23-18-9-7-17(8-10-18)22(11-4-12-22)20(26)24-13-15-25(16-14-24)21(27)28-19-5-2-1-3-6-19/h1-3,5-10H,4,11-16H2. The van der Waals surface area contributed by atoms with Crippen molar-refractivity contribution in [3.8, 4) is 5.75 Å². The number of rotatable bonds is 3. The van der Waals surface area contributed by atoms with Gasteiger partial charge in [-0.3, -0.25) is 4.79 Å². The Labute approximate surface area is 173 Å². The maximum Gasteiger partial charge on any atom is 0.415 e. The molecule has 4 rings (SSSR count). The van der Waals surface area contributed by atoms with Gasteiger partial charge >= 0.3 is 6.09 Å². The van der Waals surface area contributed by atoms with Crippen molar-refractivity contribution >= 4 is 27.9 Å². The summed E-state index contributed by atoms with van der Waals surface area (Å²) in [6.45, 7) is 2.07. The number of para-hydroxylation sites is 1. The zero-order valence-corrected chi connectivity index (χ0v) is 17.2. The lowest BCUT2D eigenvalue weighted by Gasteiger charge is -2.46. The molecule has 1 aliphatic heterocycles. The topological polar surface area (TPSA) is 49.9 Å². The summed E-state index contributed by atoms with van der Waals surface area (Å²) in [5.41, 5.74) is 0.700. The molecule has 2 fully saturated rings. The van der Waals surface area contributed by atoms with Crippen LogP contribution in [0.5, 0.6) is 5.75 Å². The number of halogens is 1. The number of carbonyl (C=O) groups excluding carboxylic acids is 2. The molecule has 6 heteroatoms. The van der Waals surface area contributed by atoms with Crippen LogP contribution in [0.25, 0.3) is 0 Å². The van der Waals surface area contributed by atoms with Crippen molar-refractivity contribution in [1.82, 2.24) is 9.80 Å². The van der Waals surface area contributed by atoms with Crippen molar-refractivity contribution in [1.29, 1.82) is 0 Å². The fourth-order valence-corrected chi connectivity index (χ4v) is 4.24. The molecule has 2 aliphatic rings. The smallest absolute Gasteiger partial charge is 0.410 e. The van der Waals surface area contributed by atoms with Crippen LogP contribution < -0.4 is 4.74 Å². The van der Waals surface area contributed by atoms with Crippen LogP contribution in [0.4, 0.5) is 4.79 Å². The zero-order chi connectivity index (χ0) is 19.6. The highest BCUT2D eigenvalue weighted by Gasteiger charge is 2.48. The molecule has 2 amide bonds. The molecule has 0 N–H and O–H groups in total. The molecule has 1 saturated heterocycles. The molecule has 146 valence electrons. The van der Waals surface area contributed by atoms with Gasteiger partial charge in [0.05, 0.1) is 5.41 Å². The number of nitrogens with zero attached hydrogens (tertiary/aromatic N) is 2. The van der Waals surface area contributed by atoms with Gasteiger partial charge in [-0.05, 0) is 42.7 Å². The lowest BCUT2D eigenvalue weighted by Crippen LogP contribution is -2.57. The van der Waals surface area contributed by atoms with Crippen molar-refractivity contribution < 1.29 is 14.3 Å². The maximum absolute atomic E-state index is 13.3. The third-order valence-corrected chi connectivity index (χ3v) is 6.32. The molecule has 1 aliphatic carbocycles. The van der Waals surface area contributed by atoms with Crippen LogP contribution in [0.1, 0.15) is 24.8 Å².